The lowest BCUT2D eigenvalue weighted by Gasteiger charge is -2.07. The molecule has 3 N–H and O–H groups in total. The molecule has 0 saturated carbocycles. The Morgan fingerprint density at radius 2 is 2.30 bits per heavy atom. The smallest absolute Gasteiger partial charge is 0.262 e. The highest BCUT2D eigenvalue weighted by Crippen LogP contribution is 2.21. The van der Waals surface area contributed by atoms with Crippen molar-refractivity contribution in [2.45, 2.75) is 13.3 Å². The molecule has 6 nitrogen and oxygen atoms in total. The maximum Gasteiger partial charge on any atom is 0.262 e. The number of nitrogens with one attached hydrogen (secondary N) is 2. The molecule has 20 heavy (non-hydrogen) atoms. The summed E-state index contributed by atoms with van der Waals surface area (Å²) >= 11 is 1.76. The first-order valence-corrected chi connectivity index (χ1v) is 7.69. The number of aromatic nitrogens is 2. The first kappa shape index (κ1) is 14.7. The number of amides is 1. The number of nitrogens with zero attached hydrogens (tertiary/aromatic N) is 2. The third-order valence-corrected chi connectivity index (χ3v) is 3.63. The molecule has 0 radical (unpaired) electrons. The van der Waals surface area contributed by atoms with Crippen molar-refractivity contribution in [3.63, 3.8) is 0 Å². The van der Waals surface area contributed by atoms with Crippen molar-refractivity contribution >= 4 is 29.1 Å². The first-order valence-electron chi connectivity index (χ1n) is 6.30. The monoisotopic (exact) mass is 294 g/mol. The van der Waals surface area contributed by atoms with Crippen molar-refractivity contribution in [1.29, 1.82) is 0 Å². The van der Waals surface area contributed by atoms with Gasteiger partial charge in [-0.2, -0.15) is 11.8 Å². The molecule has 2 aromatic rings. The minimum absolute atomic E-state index is 0.00824. The van der Waals surface area contributed by atoms with E-state index in [1.54, 1.807) is 17.2 Å². The van der Waals surface area contributed by atoms with Gasteiger partial charge in [0.2, 0.25) is 0 Å². The van der Waals surface area contributed by atoms with Crippen molar-refractivity contribution < 1.29 is 10.0 Å². The van der Waals surface area contributed by atoms with Crippen molar-refractivity contribution in [3.8, 4) is 0 Å². The number of fused-ring (bicyclic) bond motifs is 1. The molecule has 0 unspecified atom stereocenters. The summed E-state index contributed by atoms with van der Waals surface area (Å²) in [6.07, 6.45) is 2.92. The third-order valence-electron chi connectivity index (χ3n) is 3.02. The molecule has 0 aromatic carbocycles. The Morgan fingerprint density at radius 3 is 3.00 bits per heavy atom. The van der Waals surface area contributed by atoms with Crippen LogP contribution in [0, 0.1) is 6.92 Å². The Bertz CT molecular complexity index is 612. The standard InChI is InChI=1S/C13H18N4O2S/c1-9-4-3-5-11-15-13(14-8-12(18)16-19)10(17(9)11)6-7-20-2/h3-5,14,19H,6-8H2,1-2H3,(H,16,18). The average molecular weight is 294 g/mol. The van der Waals surface area contributed by atoms with E-state index in [2.05, 4.69) is 21.0 Å². The molecule has 0 aliphatic heterocycles. The number of rotatable bonds is 6. The lowest BCUT2D eigenvalue weighted by molar-refractivity contribution is -0.127. The summed E-state index contributed by atoms with van der Waals surface area (Å²) in [5.74, 6) is 1.18. The van der Waals surface area contributed by atoms with Crippen LogP contribution in [0.3, 0.4) is 0 Å². The number of carbonyl (C=O) groups excluding carboxylic acids is 1. The van der Waals surface area contributed by atoms with Crippen molar-refractivity contribution in [2.75, 3.05) is 23.9 Å². The predicted molar refractivity (Wildman–Crippen MR) is 80.4 cm³/mol. The lowest BCUT2D eigenvalue weighted by Crippen LogP contribution is -2.27. The van der Waals surface area contributed by atoms with Crippen molar-refractivity contribution in [2.24, 2.45) is 0 Å². The Kier molecular flexibility index (Phi) is 4.86. The average Bonchev–Trinajstić information content (AvgIpc) is 2.81. The normalized spacial score (nSPS) is 10.8. The number of pyridine rings is 1. The number of hydrogen-bond donors (Lipinski definition) is 3. The summed E-state index contributed by atoms with van der Waals surface area (Å²) in [5.41, 5.74) is 4.61. The zero-order valence-corrected chi connectivity index (χ0v) is 12.3. The summed E-state index contributed by atoms with van der Waals surface area (Å²) in [5, 5.41) is 11.5. The van der Waals surface area contributed by atoms with Crippen LogP contribution in [0.4, 0.5) is 5.82 Å². The molecule has 0 spiro atoms. The molecule has 2 aromatic heterocycles. The molecular formula is C13H18N4O2S. The van der Waals surface area contributed by atoms with E-state index in [4.69, 9.17) is 5.21 Å². The van der Waals surface area contributed by atoms with E-state index in [0.29, 0.717) is 5.82 Å². The Morgan fingerprint density at radius 1 is 1.50 bits per heavy atom. The molecule has 108 valence electrons. The maximum absolute atomic E-state index is 11.1. The summed E-state index contributed by atoms with van der Waals surface area (Å²) in [6.45, 7) is 2.02. The molecule has 0 fully saturated rings. The second-order valence-corrected chi connectivity index (χ2v) is 5.38. The van der Waals surface area contributed by atoms with Crippen LogP contribution in [0.2, 0.25) is 0 Å². The van der Waals surface area contributed by atoms with E-state index in [0.717, 1.165) is 29.2 Å². The second kappa shape index (κ2) is 6.62. The van der Waals surface area contributed by atoms with Gasteiger partial charge in [0.05, 0.1) is 12.2 Å². The molecule has 0 aliphatic carbocycles. The minimum Gasteiger partial charge on any atom is -0.359 e. The van der Waals surface area contributed by atoms with Crippen LogP contribution in [0.5, 0.6) is 0 Å². The predicted octanol–water partition coefficient (Wildman–Crippen LogP) is 1.47. The molecular weight excluding hydrogens is 276 g/mol. The first-order chi connectivity index (χ1) is 9.67. The number of aryl methyl sites for hydroxylation is 2. The van der Waals surface area contributed by atoms with Gasteiger partial charge in [0.1, 0.15) is 11.5 Å². The van der Waals surface area contributed by atoms with Crippen LogP contribution in [0.15, 0.2) is 18.2 Å². The van der Waals surface area contributed by atoms with Crippen LogP contribution in [0.25, 0.3) is 5.65 Å². The van der Waals surface area contributed by atoms with Gasteiger partial charge in [-0.15, -0.1) is 0 Å². The quantitative estimate of drug-likeness (QED) is 0.555. The minimum atomic E-state index is -0.491. The van der Waals surface area contributed by atoms with E-state index in [-0.39, 0.29) is 6.54 Å². The van der Waals surface area contributed by atoms with Crippen molar-refractivity contribution in [1.82, 2.24) is 14.9 Å². The number of hydroxylamine groups is 1. The zero-order chi connectivity index (χ0) is 14.5. The molecule has 2 rings (SSSR count). The molecule has 7 heteroatoms. The maximum atomic E-state index is 11.1. The van der Waals surface area contributed by atoms with Gasteiger partial charge in [-0.3, -0.25) is 14.4 Å². The molecule has 1 amide bonds. The Hall–Kier alpha value is -1.73. The lowest BCUT2D eigenvalue weighted by atomic mass is 10.3. The Labute approximate surface area is 121 Å². The van der Waals surface area contributed by atoms with Crippen molar-refractivity contribution in [3.05, 3.63) is 29.6 Å². The molecule has 0 aliphatic rings. The largest absolute Gasteiger partial charge is 0.359 e. The van der Waals surface area contributed by atoms with Crippen LogP contribution in [-0.2, 0) is 11.2 Å². The number of hydrogen-bond acceptors (Lipinski definition) is 5. The topological polar surface area (TPSA) is 78.7 Å². The van der Waals surface area contributed by atoms with Gasteiger partial charge in [-0.1, -0.05) is 6.07 Å². The van der Waals surface area contributed by atoms with Gasteiger partial charge in [0.25, 0.3) is 5.91 Å². The molecule has 2 heterocycles. The van der Waals surface area contributed by atoms with Crippen LogP contribution in [-0.4, -0.2) is 39.1 Å². The highest BCUT2D eigenvalue weighted by Gasteiger charge is 2.13. The van der Waals surface area contributed by atoms with Crippen LogP contribution in [0.1, 0.15) is 11.4 Å². The summed E-state index contributed by atoms with van der Waals surface area (Å²) in [7, 11) is 0. The summed E-state index contributed by atoms with van der Waals surface area (Å²) in [4.78, 5) is 15.6. The number of carbonyl (C=O) groups is 1. The van der Waals surface area contributed by atoms with Gasteiger partial charge in [-0.05, 0) is 31.1 Å². The van der Waals surface area contributed by atoms with Crippen LogP contribution >= 0.6 is 11.8 Å². The molecule has 0 bridgehead atoms. The number of thioether (sulfide) groups is 1. The summed E-state index contributed by atoms with van der Waals surface area (Å²) in [6, 6.07) is 5.93. The van der Waals surface area contributed by atoms with Gasteiger partial charge >= 0.3 is 0 Å². The van der Waals surface area contributed by atoms with E-state index in [1.807, 2.05) is 25.1 Å². The molecule has 0 atom stereocenters. The van der Waals surface area contributed by atoms with Gasteiger partial charge < -0.3 is 5.32 Å². The van der Waals surface area contributed by atoms with E-state index >= 15 is 0 Å². The van der Waals surface area contributed by atoms with Gasteiger partial charge in [0, 0.05) is 12.1 Å². The zero-order valence-electron chi connectivity index (χ0n) is 11.5. The fourth-order valence-electron chi connectivity index (χ4n) is 2.10. The fourth-order valence-corrected chi connectivity index (χ4v) is 2.50. The van der Waals surface area contributed by atoms with E-state index < -0.39 is 5.91 Å². The number of imidazole rings is 1. The van der Waals surface area contributed by atoms with E-state index in [9.17, 15) is 4.79 Å². The third kappa shape index (κ3) is 3.05. The second-order valence-electron chi connectivity index (χ2n) is 4.40. The highest BCUT2D eigenvalue weighted by molar-refractivity contribution is 7.98. The van der Waals surface area contributed by atoms with Gasteiger partial charge in [-0.25, -0.2) is 10.5 Å². The van der Waals surface area contributed by atoms with E-state index in [1.165, 1.54) is 0 Å². The summed E-state index contributed by atoms with van der Waals surface area (Å²) < 4.78 is 2.09. The van der Waals surface area contributed by atoms with Gasteiger partial charge in [0.15, 0.2) is 0 Å². The van der Waals surface area contributed by atoms with Crippen LogP contribution < -0.4 is 10.8 Å². The highest BCUT2D eigenvalue weighted by atomic mass is 32.2. The SMILES string of the molecule is CSCCc1c(NCC(=O)NO)nc2cccc(C)n12. The fraction of sp³-hybridized carbons (Fsp3) is 0.385. The Balaban J connectivity index is 2.36. The molecule has 0 saturated heterocycles. The number of anilines is 1.